The molecule has 0 radical (unpaired) electrons. The Labute approximate surface area is 166 Å². The summed E-state index contributed by atoms with van der Waals surface area (Å²) < 4.78 is 7.17. The fourth-order valence-corrected chi connectivity index (χ4v) is 4.10. The van der Waals surface area contributed by atoms with Crippen LogP contribution in [0.15, 0.2) is 6.20 Å². The van der Waals surface area contributed by atoms with Gasteiger partial charge in [0.2, 0.25) is 5.91 Å². The van der Waals surface area contributed by atoms with Crippen LogP contribution in [0.2, 0.25) is 0 Å². The van der Waals surface area contributed by atoms with Crippen LogP contribution in [0.25, 0.3) is 0 Å². The van der Waals surface area contributed by atoms with E-state index in [1.54, 1.807) is 11.1 Å². The minimum atomic E-state index is -0.627. The van der Waals surface area contributed by atoms with Crippen molar-refractivity contribution in [3.63, 3.8) is 0 Å². The van der Waals surface area contributed by atoms with Crippen molar-refractivity contribution in [1.82, 2.24) is 30.1 Å². The molecule has 9 nitrogen and oxygen atoms in total. The fourth-order valence-electron chi connectivity index (χ4n) is 4.10. The monoisotopic (exact) mass is 392 g/mol. The van der Waals surface area contributed by atoms with Crippen molar-refractivity contribution < 1.29 is 14.3 Å². The van der Waals surface area contributed by atoms with Gasteiger partial charge in [0.25, 0.3) is 5.91 Å². The number of carbonyl (C=O) groups excluding carboxylic acids is 2. The lowest BCUT2D eigenvalue weighted by Gasteiger charge is -2.43. The number of amides is 2. The number of carbonyl (C=O) groups is 2. The molecule has 1 saturated carbocycles. The Bertz CT molecular complexity index is 683. The molecule has 2 fully saturated rings. The molecule has 1 atom stereocenters. The van der Waals surface area contributed by atoms with Gasteiger partial charge in [0.15, 0.2) is 6.10 Å². The smallest absolute Gasteiger partial charge is 0.251 e. The second kappa shape index (κ2) is 9.00. The van der Waals surface area contributed by atoms with E-state index in [4.69, 9.17) is 4.74 Å². The normalized spacial score (nSPS) is 22.3. The number of likely N-dealkylation sites (N-methyl/N-ethyl adjacent to an activating group) is 1. The van der Waals surface area contributed by atoms with Crippen LogP contribution >= 0.6 is 0 Å². The van der Waals surface area contributed by atoms with Crippen molar-refractivity contribution in [2.24, 2.45) is 0 Å². The molecule has 1 aromatic rings. The van der Waals surface area contributed by atoms with E-state index in [0.29, 0.717) is 19.7 Å². The number of nitrogens with zero attached hydrogens (tertiary/aromatic N) is 5. The first-order valence-corrected chi connectivity index (χ1v) is 10.1. The van der Waals surface area contributed by atoms with Crippen molar-refractivity contribution in [1.29, 1.82) is 0 Å². The minimum absolute atomic E-state index is 0.0169. The van der Waals surface area contributed by atoms with Crippen LogP contribution < -0.4 is 5.32 Å². The molecule has 1 aromatic heterocycles. The van der Waals surface area contributed by atoms with Crippen LogP contribution in [-0.4, -0.2) is 88.6 Å². The Morgan fingerprint density at radius 1 is 1.32 bits per heavy atom. The quantitative estimate of drug-likeness (QED) is 0.743. The van der Waals surface area contributed by atoms with Gasteiger partial charge < -0.3 is 19.9 Å². The largest absolute Gasteiger partial charge is 0.365 e. The van der Waals surface area contributed by atoms with Gasteiger partial charge in [-0.15, -0.1) is 5.10 Å². The highest BCUT2D eigenvalue weighted by Gasteiger charge is 2.36. The van der Waals surface area contributed by atoms with Crippen LogP contribution in [0.4, 0.5) is 0 Å². The highest BCUT2D eigenvalue weighted by atomic mass is 16.5. The maximum absolute atomic E-state index is 12.7. The Hall–Kier alpha value is -2.00. The standard InChI is InChI=1S/C19H32N6O3/c1-15-11-25(22-21-15)13-17(26)24-9-10-28-16(12-24)18(27)20-14-19(23(2)3)7-5-4-6-8-19/h11,16H,4-10,12-14H2,1-3H3,(H,20,27). The van der Waals surface area contributed by atoms with Gasteiger partial charge in [-0.1, -0.05) is 24.5 Å². The molecule has 1 saturated heterocycles. The average molecular weight is 393 g/mol. The van der Waals surface area contributed by atoms with Crippen molar-refractivity contribution in [3.05, 3.63) is 11.9 Å². The summed E-state index contributed by atoms with van der Waals surface area (Å²) in [4.78, 5) is 29.2. The first-order valence-electron chi connectivity index (χ1n) is 10.1. The topological polar surface area (TPSA) is 92.6 Å². The Morgan fingerprint density at radius 3 is 2.71 bits per heavy atom. The lowest BCUT2D eigenvalue weighted by Crippen LogP contribution is -2.57. The van der Waals surface area contributed by atoms with Crippen LogP contribution in [-0.2, 0) is 20.9 Å². The predicted octanol–water partition coefficient (Wildman–Crippen LogP) is 0.195. The molecule has 156 valence electrons. The predicted molar refractivity (Wildman–Crippen MR) is 104 cm³/mol. The lowest BCUT2D eigenvalue weighted by atomic mass is 9.80. The van der Waals surface area contributed by atoms with Gasteiger partial charge in [0.05, 0.1) is 18.8 Å². The van der Waals surface area contributed by atoms with Crippen LogP contribution in [0.3, 0.4) is 0 Å². The Kier molecular flexibility index (Phi) is 6.66. The third-order valence-electron chi connectivity index (χ3n) is 5.99. The highest BCUT2D eigenvalue weighted by molar-refractivity contribution is 5.83. The third-order valence-corrected chi connectivity index (χ3v) is 5.99. The summed E-state index contributed by atoms with van der Waals surface area (Å²) in [5, 5.41) is 10.9. The number of hydrogen-bond donors (Lipinski definition) is 1. The van der Waals surface area contributed by atoms with E-state index in [9.17, 15) is 9.59 Å². The van der Waals surface area contributed by atoms with E-state index in [2.05, 4.69) is 34.6 Å². The van der Waals surface area contributed by atoms with E-state index >= 15 is 0 Å². The highest BCUT2D eigenvalue weighted by Crippen LogP contribution is 2.31. The van der Waals surface area contributed by atoms with Crippen LogP contribution in [0.5, 0.6) is 0 Å². The van der Waals surface area contributed by atoms with E-state index in [0.717, 1.165) is 18.5 Å². The number of ether oxygens (including phenoxy) is 1. The van der Waals surface area contributed by atoms with Gasteiger partial charge in [-0.05, 0) is 33.9 Å². The molecular weight excluding hydrogens is 360 g/mol. The summed E-state index contributed by atoms with van der Waals surface area (Å²) in [5.74, 6) is -0.219. The SMILES string of the molecule is Cc1cn(CC(=O)N2CCOC(C(=O)NCC3(N(C)C)CCCCC3)C2)nn1. The third kappa shape index (κ3) is 4.88. The molecule has 9 heteroatoms. The number of aryl methyl sites for hydroxylation is 1. The summed E-state index contributed by atoms with van der Waals surface area (Å²) in [6.07, 6.45) is 6.93. The van der Waals surface area contributed by atoms with Crippen molar-refractivity contribution >= 4 is 11.8 Å². The van der Waals surface area contributed by atoms with Gasteiger partial charge in [0, 0.05) is 24.8 Å². The minimum Gasteiger partial charge on any atom is -0.365 e. The summed E-state index contributed by atoms with van der Waals surface area (Å²) in [6.45, 7) is 3.68. The first-order chi connectivity index (χ1) is 13.4. The van der Waals surface area contributed by atoms with E-state index < -0.39 is 6.10 Å². The molecule has 1 N–H and O–H groups in total. The molecular formula is C19H32N6O3. The second-order valence-corrected chi connectivity index (χ2v) is 8.15. The molecule has 2 amide bonds. The van der Waals surface area contributed by atoms with Crippen LogP contribution in [0, 0.1) is 6.92 Å². The molecule has 1 aliphatic carbocycles. The number of morpholine rings is 1. The molecule has 28 heavy (non-hydrogen) atoms. The zero-order chi connectivity index (χ0) is 20.1. The zero-order valence-electron chi connectivity index (χ0n) is 17.2. The number of nitrogens with one attached hydrogen (secondary N) is 1. The van der Waals surface area contributed by atoms with Gasteiger partial charge in [-0.3, -0.25) is 9.59 Å². The summed E-state index contributed by atoms with van der Waals surface area (Å²) in [6, 6.07) is 0. The molecule has 2 aliphatic rings. The number of aromatic nitrogens is 3. The second-order valence-electron chi connectivity index (χ2n) is 8.15. The van der Waals surface area contributed by atoms with E-state index in [1.165, 1.54) is 23.9 Å². The summed E-state index contributed by atoms with van der Waals surface area (Å²) >= 11 is 0. The molecule has 1 unspecified atom stereocenters. The Morgan fingerprint density at radius 2 is 2.07 bits per heavy atom. The lowest BCUT2D eigenvalue weighted by molar-refractivity contribution is -0.148. The van der Waals surface area contributed by atoms with Gasteiger partial charge >= 0.3 is 0 Å². The van der Waals surface area contributed by atoms with E-state index in [-0.39, 0.29) is 30.4 Å². The fraction of sp³-hybridized carbons (Fsp3) is 0.789. The summed E-state index contributed by atoms with van der Waals surface area (Å²) in [7, 11) is 4.17. The first kappa shape index (κ1) is 20.7. The van der Waals surface area contributed by atoms with Crippen molar-refractivity contribution in [2.75, 3.05) is 40.3 Å². The average Bonchev–Trinajstić information content (AvgIpc) is 3.11. The molecule has 1 aliphatic heterocycles. The maximum atomic E-state index is 12.7. The number of rotatable bonds is 6. The molecule has 3 rings (SSSR count). The molecule has 2 heterocycles. The molecule has 0 bridgehead atoms. The van der Waals surface area contributed by atoms with Crippen molar-refractivity contribution in [3.8, 4) is 0 Å². The Balaban J connectivity index is 1.53. The molecule has 0 spiro atoms. The summed E-state index contributed by atoms with van der Waals surface area (Å²) in [5.41, 5.74) is 0.785. The van der Waals surface area contributed by atoms with Gasteiger partial charge in [-0.2, -0.15) is 0 Å². The molecule has 0 aromatic carbocycles. The van der Waals surface area contributed by atoms with E-state index in [1.807, 2.05) is 6.92 Å². The van der Waals surface area contributed by atoms with Gasteiger partial charge in [-0.25, -0.2) is 4.68 Å². The van der Waals surface area contributed by atoms with Crippen molar-refractivity contribution in [2.45, 2.75) is 57.2 Å². The number of hydrogen-bond acceptors (Lipinski definition) is 6. The maximum Gasteiger partial charge on any atom is 0.251 e. The van der Waals surface area contributed by atoms with Crippen LogP contribution in [0.1, 0.15) is 37.8 Å². The zero-order valence-corrected chi connectivity index (χ0v) is 17.2. The van der Waals surface area contributed by atoms with Gasteiger partial charge in [0.1, 0.15) is 6.54 Å².